The Bertz CT molecular complexity index is 934. The average molecular weight is 388 g/mol. The highest BCUT2D eigenvalue weighted by Gasteiger charge is 2.22. The van der Waals surface area contributed by atoms with Crippen LogP contribution in [0, 0.1) is 13.8 Å². The number of nitrogens with zero attached hydrogens (tertiary/aromatic N) is 3. The summed E-state index contributed by atoms with van der Waals surface area (Å²) in [5, 5.41) is 4.29. The van der Waals surface area contributed by atoms with Crippen LogP contribution < -0.4 is 5.32 Å². The van der Waals surface area contributed by atoms with Gasteiger partial charge in [-0.05, 0) is 52.6 Å². The van der Waals surface area contributed by atoms with Gasteiger partial charge in [0.1, 0.15) is 27.1 Å². The van der Waals surface area contributed by atoms with Crippen molar-refractivity contribution in [3.05, 3.63) is 40.4 Å². The van der Waals surface area contributed by atoms with Gasteiger partial charge in [0, 0.05) is 6.54 Å². The molecule has 1 unspecified atom stereocenters. The molecule has 0 aliphatic carbocycles. The lowest BCUT2D eigenvalue weighted by Crippen LogP contribution is -2.26. The normalized spacial score (nSPS) is 12.5. The molecule has 144 valence electrons. The molecule has 0 radical (unpaired) electrons. The molecule has 0 amide bonds. The van der Waals surface area contributed by atoms with E-state index < -0.39 is 0 Å². The minimum Gasteiger partial charge on any atom is -0.468 e. The van der Waals surface area contributed by atoms with Gasteiger partial charge in [0.05, 0.1) is 24.3 Å². The number of rotatable bonds is 7. The molecule has 1 N–H and O–H groups in total. The lowest BCUT2D eigenvalue weighted by molar-refractivity contribution is 0.0531. The van der Waals surface area contributed by atoms with Gasteiger partial charge in [0.2, 0.25) is 0 Å². The summed E-state index contributed by atoms with van der Waals surface area (Å²) in [5.74, 6) is 1.94. The smallest absolute Gasteiger partial charge is 0.348 e. The topological polar surface area (TPSA) is 80.5 Å². The van der Waals surface area contributed by atoms with Gasteiger partial charge in [0.25, 0.3) is 0 Å². The molecule has 3 rings (SSSR count). The summed E-state index contributed by atoms with van der Waals surface area (Å²) in [6, 6.07) is 3.89. The highest BCUT2D eigenvalue weighted by molar-refractivity contribution is 7.20. The summed E-state index contributed by atoms with van der Waals surface area (Å²) >= 11 is 1.34. The number of fused-ring (bicyclic) bond motifs is 1. The number of aryl methyl sites for hydroxylation is 2. The first-order chi connectivity index (χ1) is 12.9. The molecule has 8 heteroatoms. The van der Waals surface area contributed by atoms with Crippen LogP contribution in [0.4, 0.5) is 5.82 Å². The first kappa shape index (κ1) is 19.3. The molecule has 0 aliphatic rings. The van der Waals surface area contributed by atoms with Crippen LogP contribution in [0.5, 0.6) is 0 Å². The summed E-state index contributed by atoms with van der Waals surface area (Å²) in [6.07, 6.45) is 1.67. The number of furan rings is 1. The number of likely N-dealkylation sites (N-methyl/N-ethyl adjacent to an activating group) is 1. The van der Waals surface area contributed by atoms with Crippen LogP contribution in [0.15, 0.2) is 22.8 Å². The van der Waals surface area contributed by atoms with Gasteiger partial charge in [0.15, 0.2) is 0 Å². The minimum atomic E-state index is -0.316. The van der Waals surface area contributed by atoms with Crippen LogP contribution in [-0.4, -0.2) is 48.1 Å². The molecule has 0 fully saturated rings. The fraction of sp³-hybridized carbons (Fsp3) is 0.421. The van der Waals surface area contributed by atoms with E-state index in [0.29, 0.717) is 23.9 Å². The van der Waals surface area contributed by atoms with Crippen molar-refractivity contribution in [1.29, 1.82) is 0 Å². The van der Waals surface area contributed by atoms with Crippen LogP contribution in [0.2, 0.25) is 0 Å². The van der Waals surface area contributed by atoms with E-state index in [2.05, 4.69) is 20.2 Å². The summed E-state index contributed by atoms with van der Waals surface area (Å²) in [5.41, 5.74) is 0.843. The maximum absolute atomic E-state index is 12.2. The lowest BCUT2D eigenvalue weighted by Gasteiger charge is -2.23. The number of aromatic nitrogens is 2. The number of hydrogen-bond donors (Lipinski definition) is 1. The van der Waals surface area contributed by atoms with Crippen molar-refractivity contribution in [1.82, 2.24) is 14.9 Å². The third-order valence-electron chi connectivity index (χ3n) is 4.32. The second kappa shape index (κ2) is 8.06. The van der Waals surface area contributed by atoms with Gasteiger partial charge in [-0.3, -0.25) is 4.90 Å². The Morgan fingerprint density at radius 2 is 2.15 bits per heavy atom. The zero-order valence-corrected chi connectivity index (χ0v) is 17.0. The van der Waals surface area contributed by atoms with E-state index in [9.17, 15) is 4.79 Å². The van der Waals surface area contributed by atoms with Gasteiger partial charge in [-0.1, -0.05) is 0 Å². The minimum absolute atomic E-state index is 0.0498. The Morgan fingerprint density at radius 3 is 2.78 bits per heavy atom. The predicted molar refractivity (Wildman–Crippen MR) is 106 cm³/mol. The number of nitrogens with one attached hydrogen (secondary N) is 1. The Labute approximate surface area is 162 Å². The number of anilines is 1. The summed E-state index contributed by atoms with van der Waals surface area (Å²) in [4.78, 5) is 24.8. The Kier molecular flexibility index (Phi) is 5.76. The fourth-order valence-electron chi connectivity index (χ4n) is 2.98. The lowest BCUT2D eigenvalue weighted by atomic mass is 10.1. The molecule has 3 aromatic rings. The van der Waals surface area contributed by atoms with E-state index in [0.717, 1.165) is 27.4 Å². The van der Waals surface area contributed by atoms with Crippen LogP contribution in [0.1, 0.15) is 39.8 Å². The Morgan fingerprint density at radius 1 is 1.37 bits per heavy atom. The number of hydrogen-bond acceptors (Lipinski definition) is 8. The quantitative estimate of drug-likeness (QED) is 0.617. The van der Waals surface area contributed by atoms with E-state index in [1.807, 2.05) is 40.1 Å². The Hall–Kier alpha value is -2.45. The second-order valence-corrected chi connectivity index (χ2v) is 7.45. The number of esters is 1. The Balaban J connectivity index is 1.95. The summed E-state index contributed by atoms with van der Waals surface area (Å²) in [7, 11) is 4.01. The molecule has 7 nitrogen and oxygen atoms in total. The van der Waals surface area contributed by atoms with Crippen LogP contribution in [0.25, 0.3) is 10.2 Å². The van der Waals surface area contributed by atoms with Crippen molar-refractivity contribution in [2.75, 3.05) is 32.6 Å². The van der Waals surface area contributed by atoms with E-state index in [1.54, 1.807) is 13.2 Å². The highest BCUT2D eigenvalue weighted by atomic mass is 32.1. The molecular formula is C19H24N4O3S. The van der Waals surface area contributed by atoms with E-state index in [4.69, 9.17) is 9.15 Å². The van der Waals surface area contributed by atoms with Crippen molar-refractivity contribution in [3.63, 3.8) is 0 Å². The SMILES string of the molecule is CCOC(=O)c1sc2nc(C)nc(NCC(c3ccco3)N(C)C)c2c1C. The van der Waals surface area contributed by atoms with Crippen molar-refractivity contribution in [2.24, 2.45) is 0 Å². The molecule has 0 bridgehead atoms. The molecular weight excluding hydrogens is 364 g/mol. The van der Waals surface area contributed by atoms with Crippen LogP contribution >= 0.6 is 11.3 Å². The highest BCUT2D eigenvalue weighted by Crippen LogP contribution is 2.34. The van der Waals surface area contributed by atoms with Gasteiger partial charge in [-0.15, -0.1) is 11.3 Å². The number of ether oxygens (including phenoxy) is 1. The molecule has 3 aromatic heterocycles. The molecule has 0 saturated carbocycles. The molecule has 1 atom stereocenters. The van der Waals surface area contributed by atoms with Gasteiger partial charge in [-0.2, -0.15) is 0 Å². The van der Waals surface area contributed by atoms with E-state index >= 15 is 0 Å². The van der Waals surface area contributed by atoms with Crippen molar-refractivity contribution in [3.8, 4) is 0 Å². The van der Waals surface area contributed by atoms with Gasteiger partial charge in [-0.25, -0.2) is 14.8 Å². The van der Waals surface area contributed by atoms with Crippen LogP contribution in [-0.2, 0) is 4.74 Å². The third kappa shape index (κ3) is 3.96. The molecule has 3 heterocycles. The van der Waals surface area contributed by atoms with Gasteiger partial charge >= 0.3 is 5.97 Å². The fourth-order valence-corrected chi connectivity index (χ4v) is 4.10. The zero-order chi connectivity index (χ0) is 19.6. The van der Waals surface area contributed by atoms with Crippen molar-refractivity contribution >= 4 is 33.3 Å². The van der Waals surface area contributed by atoms with Crippen molar-refractivity contribution < 1.29 is 13.9 Å². The first-order valence-electron chi connectivity index (χ1n) is 8.80. The largest absolute Gasteiger partial charge is 0.468 e. The zero-order valence-electron chi connectivity index (χ0n) is 16.2. The third-order valence-corrected chi connectivity index (χ3v) is 5.49. The number of carbonyl (C=O) groups is 1. The first-order valence-corrected chi connectivity index (χ1v) is 9.62. The van der Waals surface area contributed by atoms with Crippen molar-refractivity contribution in [2.45, 2.75) is 26.8 Å². The summed E-state index contributed by atoms with van der Waals surface area (Å²) in [6.45, 7) is 6.50. The maximum Gasteiger partial charge on any atom is 0.348 e. The van der Waals surface area contributed by atoms with Gasteiger partial charge < -0.3 is 14.5 Å². The monoisotopic (exact) mass is 388 g/mol. The van der Waals surface area contributed by atoms with E-state index in [1.165, 1.54) is 11.3 Å². The predicted octanol–water partition coefficient (Wildman–Crippen LogP) is 3.79. The second-order valence-electron chi connectivity index (χ2n) is 6.45. The molecule has 0 spiro atoms. The summed E-state index contributed by atoms with van der Waals surface area (Å²) < 4.78 is 10.7. The number of carbonyl (C=O) groups excluding carboxylic acids is 1. The molecule has 0 aromatic carbocycles. The molecule has 0 aliphatic heterocycles. The molecule has 27 heavy (non-hydrogen) atoms. The standard InChI is InChI=1S/C19H24N4O3S/c1-6-25-19(24)16-11(2)15-17(21-12(3)22-18(15)27-16)20-10-13(23(4)5)14-8-7-9-26-14/h7-9,13H,6,10H2,1-5H3,(H,20,21,22). The average Bonchev–Trinajstić information content (AvgIpc) is 3.23. The van der Waals surface area contributed by atoms with Crippen LogP contribution in [0.3, 0.4) is 0 Å². The van der Waals surface area contributed by atoms with E-state index in [-0.39, 0.29) is 12.0 Å². The number of thiophene rings is 1. The maximum atomic E-state index is 12.2. The molecule has 0 saturated heterocycles.